The highest BCUT2D eigenvalue weighted by Crippen LogP contribution is 2.49. The second kappa shape index (κ2) is 10.7. The van der Waals surface area contributed by atoms with Crippen molar-refractivity contribution in [1.82, 2.24) is 9.21 Å². The lowest BCUT2D eigenvalue weighted by Crippen LogP contribution is -2.43. The van der Waals surface area contributed by atoms with E-state index in [1.807, 2.05) is 17.8 Å². The van der Waals surface area contributed by atoms with Gasteiger partial charge in [0.15, 0.2) is 0 Å². The molecule has 1 atom stereocenters. The minimum Gasteiger partial charge on any atom is -0.303 e. The van der Waals surface area contributed by atoms with Crippen LogP contribution in [0.3, 0.4) is 0 Å². The first-order chi connectivity index (χ1) is 17.4. The number of benzene rings is 3. The Morgan fingerprint density at radius 3 is 2.36 bits per heavy atom. The number of likely N-dealkylation sites (tertiary alicyclic amines) is 1. The van der Waals surface area contributed by atoms with E-state index in [2.05, 4.69) is 29.2 Å². The summed E-state index contributed by atoms with van der Waals surface area (Å²) in [5.74, 6) is 0.868. The van der Waals surface area contributed by atoms with Crippen molar-refractivity contribution < 1.29 is 12.8 Å². The third kappa shape index (κ3) is 5.25. The summed E-state index contributed by atoms with van der Waals surface area (Å²) < 4.78 is 41.4. The lowest BCUT2D eigenvalue weighted by Gasteiger charge is -2.40. The van der Waals surface area contributed by atoms with Crippen LogP contribution < -0.4 is 0 Å². The third-order valence-corrected chi connectivity index (χ3v) is 11.0. The molecule has 2 aliphatic heterocycles. The van der Waals surface area contributed by atoms with Crippen LogP contribution in [-0.4, -0.2) is 56.6 Å². The van der Waals surface area contributed by atoms with Crippen LogP contribution in [0, 0.1) is 5.82 Å². The van der Waals surface area contributed by atoms with Crippen molar-refractivity contribution in [2.75, 3.05) is 39.0 Å². The van der Waals surface area contributed by atoms with E-state index >= 15 is 0 Å². The first kappa shape index (κ1) is 25.5. The molecule has 190 valence electrons. The molecule has 0 amide bonds. The molecule has 2 aliphatic rings. The van der Waals surface area contributed by atoms with Crippen molar-refractivity contribution in [1.29, 1.82) is 0 Å². The van der Waals surface area contributed by atoms with Crippen molar-refractivity contribution in [3.8, 4) is 0 Å². The van der Waals surface area contributed by atoms with Crippen LogP contribution in [-0.2, 0) is 15.4 Å². The Morgan fingerprint density at radius 2 is 1.64 bits per heavy atom. The van der Waals surface area contributed by atoms with Crippen molar-refractivity contribution in [3.05, 3.63) is 95.8 Å². The maximum absolute atomic E-state index is 13.6. The normalized spacial score (nSPS) is 18.4. The number of likely N-dealkylation sites (N-methyl/N-ethyl adjacent to an activating group) is 1. The summed E-state index contributed by atoms with van der Waals surface area (Å²) in [5, 5.41) is 0. The summed E-state index contributed by atoms with van der Waals surface area (Å²) in [6, 6.07) is 23.9. The predicted octanol–water partition coefficient (Wildman–Crippen LogP) is 5.76. The fourth-order valence-corrected chi connectivity index (χ4v) is 8.29. The highest BCUT2D eigenvalue weighted by molar-refractivity contribution is 7.99. The van der Waals surface area contributed by atoms with Gasteiger partial charge in [-0.3, -0.25) is 0 Å². The van der Waals surface area contributed by atoms with Gasteiger partial charge < -0.3 is 4.90 Å². The molecule has 1 unspecified atom stereocenters. The van der Waals surface area contributed by atoms with Crippen LogP contribution in [0.2, 0.25) is 0 Å². The number of sulfonamides is 1. The molecular formula is C29H33FN2O2S2. The molecule has 0 bridgehead atoms. The standard InChI is InChI=1S/C29H33FN2O2S2/c1-31(36(33,34)26-7-3-2-4-8-26)21-24(23-11-13-25(30)14-12-23)15-18-32-19-16-29(17-20-32)22-35-28-10-6-5-9-27(28)29/h2-14,24H,15-22H2,1H3. The lowest BCUT2D eigenvalue weighted by molar-refractivity contribution is 0.166. The molecule has 0 radical (unpaired) electrons. The van der Waals surface area contributed by atoms with E-state index in [1.165, 1.54) is 32.6 Å². The monoisotopic (exact) mass is 524 g/mol. The zero-order valence-electron chi connectivity index (χ0n) is 20.6. The molecule has 3 aromatic carbocycles. The highest BCUT2D eigenvalue weighted by Gasteiger charge is 2.41. The molecule has 0 N–H and O–H groups in total. The maximum atomic E-state index is 13.6. The second-order valence-corrected chi connectivity index (χ2v) is 13.1. The number of hydrogen-bond acceptors (Lipinski definition) is 4. The van der Waals surface area contributed by atoms with Gasteiger partial charge in [0, 0.05) is 29.7 Å². The largest absolute Gasteiger partial charge is 0.303 e. The molecule has 1 fully saturated rings. The first-order valence-corrected chi connectivity index (χ1v) is 15.0. The Hall–Kier alpha value is -2.19. The Labute approximate surface area is 218 Å². The number of hydrogen-bond donors (Lipinski definition) is 0. The summed E-state index contributed by atoms with van der Waals surface area (Å²) >= 11 is 1.99. The molecule has 1 spiro atoms. The average Bonchev–Trinajstić information content (AvgIpc) is 3.26. The second-order valence-electron chi connectivity index (χ2n) is 10.0. The summed E-state index contributed by atoms with van der Waals surface area (Å²) in [5.41, 5.74) is 2.78. The molecule has 0 aliphatic carbocycles. The average molecular weight is 525 g/mol. The quantitative estimate of drug-likeness (QED) is 0.376. The van der Waals surface area contributed by atoms with Crippen LogP contribution in [0.25, 0.3) is 0 Å². The Balaban J connectivity index is 1.26. The third-order valence-electron chi connectivity index (χ3n) is 7.84. The van der Waals surface area contributed by atoms with E-state index in [4.69, 9.17) is 0 Å². The van der Waals surface area contributed by atoms with Gasteiger partial charge in [-0.05, 0) is 86.3 Å². The Morgan fingerprint density at radius 1 is 0.972 bits per heavy atom. The van der Waals surface area contributed by atoms with Crippen molar-refractivity contribution in [2.24, 2.45) is 0 Å². The van der Waals surface area contributed by atoms with Gasteiger partial charge in [-0.25, -0.2) is 17.1 Å². The lowest BCUT2D eigenvalue weighted by atomic mass is 9.74. The van der Waals surface area contributed by atoms with Gasteiger partial charge in [-0.1, -0.05) is 48.5 Å². The summed E-state index contributed by atoms with van der Waals surface area (Å²) in [6.07, 6.45) is 3.12. The van der Waals surface area contributed by atoms with E-state index < -0.39 is 10.0 Å². The summed E-state index contributed by atoms with van der Waals surface area (Å²) in [7, 11) is -1.96. The molecule has 0 saturated carbocycles. The number of halogens is 1. The van der Waals surface area contributed by atoms with Gasteiger partial charge in [-0.2, -0.15) is 0 Å². The van der Waals surface area contributed by atoms with Gasteiger partial charge in [0.1, 0.15) is 5.82 Å². The molecule has 7 heteroatoms. The summed E-state index contributed by atoms with van der Waals surface area (Å²) in [4.78, 5) is 4.24. The van der Waals surface area contributed by atoms with E-state index in [0.29, 0.717) is 11.4 Å². The van der Waals surface area contributed by atoms with E-state index in [9.17, 15) is 12.8 Å². The van der Waals surface area contributed by atoms with Crippen molar-refractivity contribution >= 4 is 21.8 Å². The molecule has 2 heterocycles. The topological polar surface area (TPSA) is 40.6 Å². The molecule has 0 aromatic heterocycles. The minimum atomic E-state index is -3.59. The van der Waals surface area contributed by atoms with E-state index in [0.717, 1.165) is 44.5 Å². The fraction of sp³-hybridized carbons (Fsp3) is 0.379. The van der Waals surface area contributed by atoms with E-state index in [1.54, 1.807) is 43.4 Å². The van der Waals surface area contributed by atoms with Crippen LogP contribution in [0.15, 0.2) is 88.7 Å². The Bertz CT molecular complexity index is 1270. The molecule has 3 aromatic rings. The number of piperidine rings is 1. The smallest absolute Gasteiger partial charge is 0.242 e. The molecule has 1 saturated heterocycles. The number of fused-ring (bicyclic) bond motifs is 2. The molecular weight excluding hydrogens is 491 g/mol. The van der Waals surface area contributed by atoms with Gasteiger partial charge in [0.05, 0.1) is 4.90 Å². The number of rotatable bonds is 8. The predicted molar refractivity (Wildman–Crippen MR) is 145 cm³/mol. The van der Waals surface area contributed by atoms with Crippen molar-refractivity contribution in [3.63, 3.8) is 0 Å². The first-order valence-electron chi connectivity index (χ1n) is 12.6. The highest BCUT2D eigenvalue weighted by atomic mass is 32.2. The zero-order chi connectivity index (χ0) is 25.2. The zero-order valence-corrected chi connectivity index (χ0v) is 22.3. The van der Waals surface area contributed by atoms with Crippen LogP contribution in [0.4, 0.5) is 4.39 Å². The van der Waals surface area contributed by atoms with Crippen LogP contribution in [0.1, 0.15) is 36.3 Å². The molecule has 5 rings (SSSR count). The minimum absolute atomic E-state index is 0.0206. The van der Waals surface area contributed by atoms with E-state index in [-0.39, 0.29) is 17.2 Å². The van der Waals surface area contributed by atoms with Crippen LogP contribution >= 0.6 is 11.8 Å². The van der Waals surface area contributed by atoms with Gasteiger partial charge >= 0.3 is 0 Å². The van der Waals surface area contributed by atoms with Gasteiger partial charge in [-0.15, -0.1) is 11.8 Å². The SMILES string of the molecule is CN(CC(CCN1CCC2(CC1)CSc1ccccc12)c1ccc(F)cc1)S(=O)(=O)c1ccccc1. The number of nitrogens with zero attached hydrogens (tertiary/aromatic N) is 2. The van der Waals surface area contributed by atoms with Crippen molar-refractivity contribution in [2.45, 2.75) is 40.4 Å². The maximum Gasteiger partial charge on any atom is 0.242 e. The summed E-state index contributed by atoms with van der Waals surface area (Å²) in [6.45, 7) is 3.34. The van der Waals surface area contributed by atoms with Gasteiger partial charge in [0.25, 0.3) is 0 Å². The number of thioether (sulfide) groups is 1. The van der Waals surface area contributed by atoms with Crippen LogP contribution in [0.5, 0.6) is 0 Å². The molecule has 4 nitrogen and oxygen atoms in total. The fourth-order valence-electron chi connectivity index (χ4n) is 5.56. The Kier molecular flexibility index (Phi) is 7.54. The molecule has 36 heavy (non-hydrogen) atoms. The van der Waals surface area contributed by atoms with Gasteiger partial charge in [0.2, 0.25) is 10.0 Å².